The number of imidazole rings is 1. The van der Waals surface area contributed by atoms with Crippen molar-refractivity contribution in [1.82, 2.24) is 14.5 Å². The predicted octanol–water partition coefficient (Wildman–Crippen LogP) is 3.98. The third-order valence-electron chi connectivity index (χ3n) is 5.49. The number of likely N-dealkylation sites (tertiary alicyclic amines) is 1. The first-order valence-electron chi connectivity index (χ1n) is 9.11. The number of carbonyl (C=O) groups is 1. The molecule has 4 nitrogen and oxygen atoms in total. The van der Waals surface area contributed by atoms with Gasteiger partial charge in [0.15, 0.2) is 0 Å². The molecule has 4 heteroatoms. The molecule has 1 aliphatic heterocycles. The highest BCUT2D eigenvalue weighted by Gasteiger charge is 2.32. The zero-order valence-corrected chi connectivity index (χ0v) is 14.3. The third kappa shape index (κ3) is 2.74. The Morgan fingerprint density at radius 1 is 1.25 bits per heavy atom. The number of piperidine rings is 1. The summed E-state index contributed by atoms with van der Waals surface area (Å²) in [5.74, 6) is 1.76. The summed E-state index contributed by atoms with van der Waals surface area (Å²) in [5.41, 5.74) is 2.16. The van der Waals surface area contributed by atoms with Gasteiger partial charge < -0.3 is 9.47 Å². The topological polar surface area (TPSA) is 38.1 Å². The van der Waals surface area contributed by atoms with Crippen molar-refractivity contribution in [1.29, 1.82) is 0 Å². The van der Waals surface area contributed by atoms with Crippen LogP contribution in [-0.2, 0) is 11.8 Å². The number of aromatic nitrogens is 2. The molecule has 1 saturated heterocycles. The lowest BCUT2D eigenvalue weighted by molar-refractivity contribution is -0.136. The lowest BCUT2D eigenvalue weighted by Crippen LogP contribution is -2.40. The molecule has 0 spiro atoms. The number of benzene rings is 1. The van der Waals surface area contributed by atoms with Crippen LogP contribution in [0.25, 0.3) is 11.0 Å². The van der Waals surface area contributed by atoms with Gasteiger partial charge in [0.25, 0.3) is 0 Å². The number of hydrogen-bond donors (Lipinski definition) is 0. The van der Waals surface area contributed by atoms with Gasteiger partial charge in [0.1, 0.15) is 5.82 Å². The van der Waals surface area contributed by atoms with Gasteiger partial charge in [-0.15, -0.1) is 0 Å². The van der Waals surface area contributed by atoms with E-state index in [0.717, 1.165) is 49.1 Å². The smallest absolute Gasteiger partial charge is 0.223 e. The Bertz CT molecular complexity index is 776. The molecular weight excluding hydrogens is 298 g/mol. The van der Waals surface area contributed by atoms with E-state index in [0.29, 0.717) is 18.2 Å². The van der Waals surface area contributed by atoms with Crippen LogP contribution in [0, 0.1) is 5.92 Å². The van der Waals surface area contributed by atoms with Crippen LogP contribution >= 0.6 is 0 Å². The number of amides is 1. The Kier molecular flexibility index (Phi) is 4.13. The van der Waals surface area contributed by atoms with Gasteiger partial charge in [-0.05, 0) is 50.2 Å². The molecule has 0 radical (unpaired) electrons. The van der Waals surface area contributed by atoms with E-state index in [1.54, 1.807) is 0 Å². The van der Waals surface area contributed by atoms with Crippen molar-refractivity contribution >= 4 is 16.9 Å². The SMILES string of the molecule is Cn1c([C@H]2CCCCN2C(=O)C[C@H]2C=CCC2)nc2ccccc21. The van der Waals surface area contributed by atoms with E-state index in [4.69, 9.17) is 4.98 Å². The van der Waals surface area contributed by atoms with Crippen LogP contribution in [0.15, 0.2) is 36.4 Å². The van der Waals surface area contributed by atoms with Gasteiger partial charge in [0.05, 0.1) is 17.1 Å². The zero-order chi connectivity index (χ0) is 16.5. The first kappa shape index (κ1) is 15.4. The zero-order valence-electron chi connectivity index (χ0n) is 14.3. The molecule has 2 aliphatic rings. The summed E-state index contributed by atoms with van der Waals surface area (Å²) in [5, 5.41) is 0. The molecule has 0 N–H and O–H groups in total. The molecule has 0 saturated carbocycles. The van der Waals surface area contributed by atoms with Crippen LogP contribution in [0.5, 0.6) is 0 Å². The van der Waals surface area contributed by atoms with Gasteiger partial charge >= 0.3 is 0 Å². The van der Waals surface area contributed by atoms with Crippen molar-refractivity contribution in [3.63, 3.8) is 0 Å². The monoisotopic (exact) mass is 323 g/mol. The fraction of sp³-hybridized carbons (Fsp3) is 0.500. The number of hydrogen-bond acceptors (Lipinski definition) is 2. The highest BCUT2D eigenvalue weighted by molar-refractivity contribution is 5.78. The summed E-state index contributed by atoms with van der Waals surface area (Å²) < 4.78 is 2.17. The highest BCUT2D eigenvalue weighted by Crippen LogP contribution is 2.33. The summed E-state index contributed by atoms with van der Waals surface area (Å²) in [4.78, 5) is 19.9. The van der Waals surface area contributed by atoms with Crippen LogP contribution in [0.1, 0.15) is 50.4 Å². The molecular formula is C20H25N3O. The molecule has 1 amide bonds. The minimum atomic E-state index is 0.119. The Labute approximate surface area is 143 Å². The summed E-state index contributed by atoms with van der Waals surface area (Å²) in [6.07, 6.45) is 10.6. The van der Waals surface area contributed by atoms with Crippen LogP contribution < -0.4 is 0 Å². The Hall–Kier alpha value is -2.10. The summed E-state index contributed by atoms with van der Waals surface area (Å²) >= 11 is 0. The molecule has 0 bridgehead atoms. The molecule has 24 heavy (non-hydrogen) atoms. The molecule has 0 unspecified atom stereocenters. The van der Waals surface area contributed by atoms with Gasteiger partial charge in [0.2, 0.25) is 5.91 Å². The van der Waals surface area contributed by atoms with Crippen LogP contribution in [0.2, 0.25) is 0 Å². The average molecular weight is 323 g/mol. The number of carbonyl (C=O) groups excluding carboxylic acids is 1. The van der Waals surface area contributed by atoms with Gasteiger partial charge in [-0.25, -0.2) is 4.98 Å². The van der Waals surface area contributed by atoms with E-state index >= 15 is 0 Å². The number of aryl methyl sites for hydroxylation is 1. The Balaban J connectivity index is 1.62. The highest BCUT2D eigenvalue weighted by atomic mass is 16.2. The van der Waals surface area contributed by atoms with Gasteiger partial charge in [-0.2, -0.15) is 0 Å². The van der Waals surface area contributed by atoms with Crippen LogP contribution in [0.3, 0.4) is 0 Å². The van der Waals surface area contributed by atoms with Crippen LogP contribution in [0.4, 0.5) is 0 Å². The molecule has 1 fully saturated rings. The maximum Gasteiger partial charge on any atom is 0.223 e. The molecule has 126 valence electrons. The lowest BCUT2D eigenvalue weighted by Gasteiger charge is -2.36. The fourth-order valence-electron chi connectivity index (χ4n) is 4.17. The normalized spacial score (nSPS) is 24.0. The van der Waals surface area contributed by atoms with Gasteiger partial charge in [0, 0.05) is 20.0 Å². The van der Waals surface area contributed by atoms with E-state index in [1.165, 1.54) is 6.42 Å². The van der Waals surface area contributed by atoms with E-state index in [2.05, 4.69) is 40.8 Å². The summed E-state index contributed by atoms with van der Waals surface area (Å²) in [6.45, 7) is 0.864. The Morgan fingerprint density at radius 3 is 2.92 bits per heavy atom. The molecule has 2 atom stereocenters. The number of rotatable bonds is 3. The minimum Gasteiger partial charge on any atom is -0.332 e. The summed E-state index contributed by atoms with van der Waals surface area (Å²) in [6, 6.07) is 8.34. The van der Waals surface area contributed by atoms with Crippen molar-refractivity contribution in [2.24, 2.45) is 13.0 Å². The Morgan fingerprint density at radius 2 is 2.12 bits per heavy atom. The number of allylic oxidation sites excluding steroid dienone is 2. The number of nitrogens with zero attached hydrogens (tertiary/aromatic N) is 3. The average Bonchev–Trinajstić information content (AvgIpc) is 3.23. The van der Waals surface area contributed by atoms with E-state index in [1.807, 2.05) is 12.1 Å². The fourth-order valence-corrected chi connectivity index (χ4v) is 4.17. The summed E-state index contributed by atoms with van der Waals surface area (Å²) in [7, 11) is 2.07. The standard InChI is InChI=1S/C20H25N3O/c1-22-17-11-5-4-10-16(17)21-20(22)18-12-6-7-13-23(18)19(24)14-15-8-2-3-9-15/h2,4-5,8,10-11,15,18H,3,6-7,9,12-14H2,1H3/t15-,18+/m0/s1. The van der Waals surface area contributed by atoms with Crippen molar-refractivity contribution in [3.8, 4) is 0 Å². The lowest BCUT2D eigenvalue weighted by atomic mass is 9.98. The third-order valence-corrected chi connectivity index (χ3v) is 5.49. The second-order valence-electron chi connectivity index (χ2n) is 7.09. The first-order valence-corrected chi connectivity index (χ1v) is 9.11. The van der Waals surface area contributed by atoms with Gasteiger partial charge in [-0.1, -0.05) is 24.3 Å². The van der Waals surface area contributed by atoms with Crippen LogP contribution in [-0.4, -0.2) is 26.9 Å². The maximum absolute atomic E-state index is 12.9. The van der Waals surface area contributed by atoms with Crippen molar-refractivity contribution in [2.45, 2.75) is 44.6 Å². The first-order chi connectivity index (χ1) is 11.7. The van der Waals surface area contributed by atoms with E-state index in [-0.39, 0.29) is 6.04 Å². The van der Waals surface area contributed by atoms with Crippen molar-refractivity contribution < 1.29 is 4.79 Å². The van der Waals surface area contributed by atoms with Gasteiger partial charge in [-0.3, -0.25) is 4.79 Å². The molecule has 4 rings (SSSR count). The molecule has 2 aromatic rings. The second-order valence-corrected chi connectivity index (χ2v) is 7.09. The van der Waals surface area contributed by atoms with E-state index < -0.39 is 0 Å². The molecule has 2 heterocycles. The molecule has 1 aromatic carbocycles. The quantitative estimate of drug-likeness (QED) is 0.801. The molecule has 1 aromatic heterocycles. The second kappa shape index (κ2) is 6.42. The molecule has 1 aliphatic carbocycles. The number of fused-ring (bicyclic) bond motifs is 1. The van der Waals surface area contributed by atoms with E-state index in [9.17, 15) is 4.79 Å². The maximum atomic E-state index is 12.9. The largest absolute Gasteiger partial charge is 0.332 e. The van der Waals surface area contributed by atoms with Crippen molar-refractivity contribution in [2.75, 3.05) is 6.54 Å². The minimum absolute atomic E-state index is 0.119. The van der Waals surface area contributed by atoms with Crippen molar-refractivity contribution in [3.05, 3.63) is 42.2 Å². The number of para-hydroxylation sites is 2. The predicted molar refractivity (Wildman–Crippen MR) is 95.5 cm³/mol.